The summed E-state index contributed by atoms with van der Waals surface area (Å²) in [6.45, 7) is 15.4. The first-order valence-corrected chi connectivity index (χ1v) is 10.5. The van der Waals surface area contributed by atoms with Crippen molar-refractivity contribution >= 4 is 29.3 Å². The highest BCUT2D eigenvalue weighted by Crippen LogP contribution is 2.29. The molecule has 7 heteroatoms. The van der Waals surface area contributed by atoms with Gasteiger partial charge in [0.2, 0.25) is 5.91 Å². The molecule has 0 aliphatic carbocycles. The van der Waals surface area contributed by atoms with Crippen molar-refractivity contribution in [1.82, 2.24) is 10.2 Å². The molecular formula is C22H34ClN3O3. The number of hydrogen-bond acceptors (Lipinski definition) is 4. The van der Waals surface area contributed by atoms with E-state index < -0.39 is 17.7 Å². The lowest BCUT2D eigenvalue weighted by molar-refractivity contribution is -0.136. The standard InChI is InChI=1S/C22H34ClN3O3/c1-15(2)18(24-20(28)29-21(3,4)5)19(27)25-12-13-26(22(6,7)14-25)17-10-8-16(23)9-11-17/h8-11,15,18H,12-14H2,1-7H3,(H,24,28)/t18-/m1/s1. The van der Waals surface area contributed by atoms with Crippen molar-refractivity contribution in [1.29, 1.82) is 0 Å². The highest BCUT2D eigenvalue weighted by atomic mass is 35.5. The molecule has 1 aliphatic heterocycles. The van der Waals surface area contributed by atoms with Crippen LogP contribution in [0, 0.1) is 5.92 Å². The van der Waals surface area contributed by atoms with Crippen molar-refractivity contribution in [3.63, 3.8) is 0 Å². The molecule has 6 nitrogen and oxygen atoms in total. The average molecular weight is 424 g/mol. The van der Waals surface area contributed by atoms with Crippen LogP contribution in [-0.2, 0) is 9.53 Å². The quantitative estimate of drug-likeness (QED) is 0.783. The first-order chi connectivity index (χ1) is 13.3. The van der Waals surface area contributed by atoms with Gasteiger partial charge in [-0.2, -0.15) is 0 Å². The minimum atomic E-state index is -0.622. The zero-order chi connectivity index (χ0) is 22.0. The van der Waals surface area contributed by atoms with Gasteiger partial charge < -0.3 is 19.9 Å². The summed E-state index contributed by atoms with van der Waals surface area (Å²) in [6.07, 6.45) is -0.566. The predicted octanol–water partition coefficient (Wildman–Crippen LogP) is 4.32. The molecule has 1 heterocycles. The number of rotatable bonds is 4. The summed E-state index contributed by atoms with van der Waals surface area (Å²) in [5.41, 5.74) is 0.217. The number of hydrogen-bond donors (Lipinski definition) is 1. The van der Waals surface area contributed by atoms with Gasteiger partial charge >= 0.3 is 6.09 Å². The van der Waals surface area contributed by atoms with Crippen molar-refractivity contribution in [2.24, 2.45) is 5.92 Å². The largest absolute Gasteiger partial charge is 0.444 e. The molecular weight excluding hydrogens is 390 g/mol. The van der Waals surface area contributed by atoms with E-state index in [4.69, 9.17) is 16.3 Å². The molecule has 1 aromatic carbocycles. The Bertz CT molecular complexity index is 726. The monoisotopic (exact) mass is 423 g/mol. The van der Waals surface area contributed by atoms with Crippen LogP contribution < -0.4 is 10.2 Å². The maximum Gasteiger partial charge on any atom is 0.408 e. The van der Waals surface area contributed by atoms with Crippen LogP contribution in [-0.4, -0.2) is 53.7 Å². The molecule has 1 atom stereocenters. The van der Waals surface area contributed by atoms with E-state index in [-0.39, 0.29) is 17.4 Å². The van der Waals surface area contributed by atoms with E-state index in [1.165, 1.54) is 0 Å². The molecule has 0 saturated carbocycles. The molecule has 1 saturated heterocycles. The highest BCUT2D eigenvalue weighted by molar-refractivity contribution is 6.30. The second-order valence-electron chi connectivity index (χ2n) is 9.57. The normalized spacial score (nSPS) is 17.8. The van der Waals surface area contributed by atoms with Gasteiger partial charge in [0.25, 0.3) is 0 Å². The molecule has 29 heavy (non-hydrogen) atoms. The van der Waals surface area contributed by atoms with E-state index in [1.807, 2.05) is 43.0 Å². The van der Waals surface area contributed by atoms with Crippen molar-refractivity contribution in [3.8, 4) is 0 Å². The van der Waals surface area contributed by atoms with Gasteiger partial charge in [-0.3, -0.25) is 4.79 Å². The fraction of sp³-hybridized carbons (Fsp3) is 0.636. The number of benzene rings is 1. The summed E-state index contributed by atoms with van der Waals surface area (Å²) < 4.78 is 5.34. The second-order valence-corrected chi connectivity index (χ2v) is 10.0. The molecule has 1 aromatic rings. The van der Waals surface area contributed by atoms with Gasteiger partial charge in [0.1, 0.15) is 11.6 Å². The number of carbonyl (C=O) groups excluding carboxylic acids is 2. The summed E-state index contributed by atoms with van der Waals surface area (Å²) in [6, 6.07) is 7.14. The minimum Gasteiger partial charge on any atom is -0.444 e. The van der Waals surface area contributed by atoms with Crippen LogP contribution in [0.1, 0.15) is 48.5 Å². The zero-order valence-electron chi connectivity index (χ0n) is 18.6. The number of halogens is 1. The predicted molar refractivity (Wildman–Crippen MR) is 117 cm³/mol. The maximum atomic E-state index is 13.2. The van der Waals surface area contributed by atoms with Crippen LogP contribution in [0.25, 0.3) is 0 Å². The van der Waals surface area contributed by atoms with E-state index in [0.717, 1.165) is 5.69 Å². The molecule has 0 spiro atoms. The number of carbonyl (C=O) groups is 2. The van der Waals surface area contributed by atoms with Gasteiger partial charge in [0.05, 0.1) is 5.54 Å². The first-order valence-electron chi connectivity index (χ1n) is 10.1. The van der Waals surface area contributed by atoms with Crippen LogP contribution in [0.3, 0.4) is 0 Å². The van der Waals surface area contributed by atoms with Crippen LogP contribution in [0.15, 0.2) is 24.3 Å². The van der Waals surface area contributed by atoms with Crippen LogP contribution in [0.4, 0.5) is 10.5 Å². The van der Waals surface area contributed by atoms with Gasteiger partial charge in [-0.05, 0) is 64.8 Å². The lowest BCUT2D eigenvalue weighted by atomic mass is 9.95. The molecule has 2 rings (SSSR count). The average Bonchev–Trinajstić information content (AvgIpc) is 2.57. The van der Waals surface area contributed by atoms with E-state index >= 15 is 0 Å². The molecule has 1 N–H and O–H groups in total. The third-order valence-electron chi connectivity index (χ3n) is 4.96. The summed E-state index contributed by atoms with van der Waals surface area (Å²) in [7, 11) is 0. The molecule has 0 bridgehead atoms. The highest BCUT2D eigenvalue weighted by Gasteiger charge is 2.39. The van der Waals surface area contributed by atoms with E-state index in [2.05, 4.69) is 24.1 Å². The molecule has 1 aliphatic rings. The van der Waals surface area contributed by atoms with E-state index in [1.54, 1.807) is 20.8 Å². The fourth-order valence-corrected chi connectivity index (χ4v) is 3.71. The number of anilines is 1. The second kappa shape index (κ2) is 8.82. The Balaban J connectivity index is 2.10. The molecule has 162 valence electrons. The van der Waals surface area contributed by atoms with Crippen molar-refractivity contribution in [3.05, 3.63) is 29.3 Å². The fourth-order valence-electron chi connectivity index (χ4n) is 3.59. The number of piperazine rings is 1. The molecule has 0 radical (unpaired) electrons. The Hall–Kier alpha value is -1.95. The first kappa shape index (κ1) is 23.3. The third kappa shape index (κ3) is 6.26. The van der Waals surface area contributed by atoms with Crippen LogP contribution in [0.2, 0.25) is 5.02 Å². The third-order valence-corrected chi connectivity index (χ3v) is 5.21. The summed E-state index contributed by atoms with van der Waals surface area (Å²) in [4.78, 5) is 29.6. The Morgan fingerprint density at radius 1 is 1.14 bits per heavy atom. The Kier molecular flexibility index (Phi) is 7.10. The van der Waals surface area contributed by atoms with Gasteiger partial charge in [-0.1, -0.05) is 25.4 Å². The van der Waals surface area contributed by atoms with Gasteiger partial charge in [-0.15, -0.1) is 0 Å². The van der Waals surface area contributed by atoms with Gasteiger partial charge in [-0.25, -0.2) is 4.79 Å². The molecule has 0 unspecified atom stereocenters. The Morgan fingerprint density at radius 3 is 2.21 bits per heavy atom. The smallest absolute Gasteiger partial charge is 0.408 e. The van der Waals surface area contributed by atoms with Crippen molar-refractivity contribution < 1.29 is 14.3 Å². The number of nitrogens with one attached hydrogen (secondary N) is 1. The minimum absolute atomic E-state index is 0.0487. The summed E-state index contributed by atoms with van der Waals surface area (Å²) in [5, 5.41) is 3.47. The summed E-state index contributed by atoms with van der Waals surface area (Å²) >= 11 is 6.02. The van der Waals surface area contributed by atoms with Crippen LogP contribution >= 0.6 is 11.6 Å². The topological polar surface area (TPSA) is 61.9 Å². The van der Waals surface area contributed by atoms with E-state index in [0.29, 0.717) is 24.7 Å². The van der Waals surface area contributed by atoms with Gasteiger partial charge in [0, 0.05) is 30.3 Å². The van der Waals surface area contributed by atoms with Crippen molar-refractivity contribution in [2.75, 3.05) is 24.5 Å². The lowest BCUT2D eigenvalue weighted by Gasteiger charge is -2.49. The number of alkyl carbamates (subject to hydrolysis) is 1. The number of amides is 2. The van der Waals surface area contributed by atoms with Crippen LogP contribution in [0.5, 0.6) is 0 Å². The number of ether oxygens (including phenoxy) is 1. The zero-order valence-corrected chi connectivity index (χ0v) is 19.3. The Labute approximate surface area is 179 Å². The lowest BCUT2D eigenvalue weighted by Crippen LogP contribution is -2.63. The Morgan fingerprint density at radius 2 is 1.72 bits per heavy atom. The maximum absolute atomic E-state index is 13.2. The van der Waals surface area contributed by atoms with Gasteiger partial charge in [0.15, 0.2) is 0 Å². The van der Waals surface area contributed by atoms with Crippen molar-refractivity contribution in [2.45, 2.75) is 65.6 Å². The molecule has 0 aromatic heterocycles. The van der Waals surface area contributed by atoms with E-state index in [9.17, 15) is 9.59 Å². The number of nitrogens with zero attached hydrogens (tertiary/aromatic N) is 2. The molecule has 1 fully saturated rings. The SMILES string of the molecule is CC(C)[C@@H](NC(=O)OC(C)(C)C)C(=O)N1CCN(c2ccc(Cl)cc2)C(C)(C)C1. The summed E-state index contributed by atoms with van der Waals surface area (Å²) in [5.74, 6) is -0.123. The molecule has 2 amide bonds.